The van der Waals surface area contributed by atoms with E-state index in [1.165, 1.54) is 10.9 Å². The van der Waals surface area contributed by atoms with E-state index in [0.29, 0.717) is 12.1 Å². The maximum Gasteiger partial charge on any atom is 0.251 e. The first-order valence-corrected chi connectivity index (χ1v) is 8.31. The van der Waals surface area contributed by atoms with Crippen LogP contribution >= 0.6 is 0 Å². The van der Waals surface area contributed by atoms with Crippen LogP contribution in [0.3, 0.4) is 0 Å². The molecule has 128 valence electrons. The summed E-state index contributed by atoms with van der Waals surface area (Å²) in [5.41, 5.74) is 3.98. The minimum atomic E-state index is -0.247. The fourth-order valence-corrected chi connectivity index (χ4v) is 2.90. The predicted molar refractivity (Wildman–Crippen MR) is 98.5 cm³/mol. The Kier molecular flexibility index (Phi) is 5.14. The molecule has 0 fully saturated rings. The lowest BCUT2D eigenvalue weighted by atomic mass is 10.1. The van der Waals surface area contributed by atoms with Gasteiger partial charge in [-0.15, -0.1) is 0 Å². The van der Waals surface area contributed by atoms with Gasteiger partial charge in [-0.2, -0.15) is 0 Å². The number of hydrogen-bond donors (Lipinski definition) is 3. The SMILES string of the molecule is Cc1[nH]c2ccccc2c1CCNC(=O)CNC(=O)c1ccccc1. The van der Waals surface area contributed by atoms with Crippen LogP contribution in [0.15, 0.2) is 54.6 Å². The fraction of sp³-hybridized carbons (Fsp3) is 0.200. The van der Waals surface area contributed by atoms with Crippen LogP contribution in [0.1, 0.15) is 21.6 Å². The minimum absolute atomic E-state index is 0.0272. The number of aryl methyl sites for hydroxylation is 1. The zero-order chi connectivity index (χ0) is 17.6. The van der Waals surface area contributed by atoms with E-state index in [4.69, 9.17) is 0 Å². The molecule has 1 aromatic heterocycles. The molecule has 2 amide bonds. The maximum atomic E-state index is 11.9. The van der Waals surface area contributed by atoms with Gasteiger partial charge >= 0.3 is 0 Å². The normalized spacial score (nSPS) is 10.6. The van der Waals surface area contributed by atoms with Crippen molar-refractivity contribution < 1.29 is 9.59 Å². The highest BCUT2D eigenvalue weighted by molar-refractivity contribution is 5.96. The Morgan fingerprint density at radius 3 is 2.48 bits per heavy atom. The first-order chi connectivity index (χ1) is 12.1. The van der Waals surface area contributed by atoms with Gasteiger partial charge in [0.05, 0.1) is 6.54 Å². The monoisotopic (exact) mass is 335 g/mol. The Hall–Kier alpha value is -3.08. The quantitative estimate of drug-likeness (QED) is 0.648. The Labute approximate surface area is 146 Å². The van der Waals surface area contributed by atoms with Gasteiger partial charge in [-0.3, -0.25) is 9.59 Å². The summed E-state index contributed by atoms with van der Waals surface area (Å²) in [7, 11) is 0. The van der Waals surface area contributed by atoms with Crippen molar-refractivity contribution in [3.05, 3.63) is 71.4 Å². The Bertz CT molecular complexity index is 884. The summed E-state index contributed by atoms with van der Waals surface area (Å²) in [5, 5.41) is 6.67. The number of carbonyl (C=O) groups excluding carboxylic acids is 2. The summed E-state index contributed by atoms with van der Waals surface area (Å²) in [6.45, 7) is 2.54. The zero-order valence-electron chi connectivity index (χ0n) is 14.1. The van der Waals surface area contributed by atoms with Crippen LogP contribution in [0.5, 0.6) is 0 Å². The molecule has 0 spiro atoms. The van der Waals surface area contributed by atoms with Gasteiger partial charge in [-0.25, -0.2) is 0 Å². The molecule has 1 heterocycles. The lowest BCUT2D eigenvalue weighted by molar-refractivity contribution is -0.120. The second kappa shape index (κ2) is 7.66. The van der Waals surface area contributed by atoms with E-state index in [-0.39, 0.29) is 18.4 Å². The second-order valence-corrected chi connectivity index (χ2v) is 5.92. The molecule has 0 saturated heterocycles. The third-order valence-corrected chi connectivity index (χ3v) is 4.17. The van der Waals surface area contributed by atoms with E-state index >= 15 is 0 Å². The van der Waals surface area contributed by atoms with Crippen molar-refractivity contribution in [1.29, 1.82) is 0 Å². The Morgan fingerprint density at radius 2 is 1.68 bits per heavy atom. The zero-order valence-corrected chi connectivity index (χ0v) is 14.1. The second-order valence-electron chi connectivity index (χ2n) is 5.92. The summed E-state index contributed by atoms with van der Waals surface area (Å²) in [5.74, 6) is -0.440. The number of rotatable bonds is 6. The van der Waals surface area contributed by atoms with Gasteiger partial charge in [0.25, 0.3) is 5.91 Å². The molecule has 5 heteroatoms. The standard InChI is InChI=1S/C20H21N3O2/c1-14-16(17-9-5-6-10-18(17)23-14)11-12-21-19(24)13-22-20(25)15-7-3-2-4-8-15/h2-10,23H,11-13H2,1H3,(H,21,24)(H,22,25). The average Bonchev–Trinajstić information content (AvgIpc) is 2.96. The van der Waals surface area contributed by atoms with Gasteiger partial charge in [0.1, 0.15) is 0 Å². The van der Waals surface area contributed by atoms with Crippen molar-refractivity contribution >= 4 is 22.7 Å². The van der Waals surface area contributed by atoms with Crippen LogP contribution in [0.2, 0.25) is 0 Å². The molecule has 0 aliphatic carbocycles. The molecule has 5 nitrogen and oxygen atoms in total. The summed E-state index contributed by atoms with van der Waals surface area (Å²) >= 11 is 0. The molecule has 0 unspecified atom stereocenters. The number of aromatic amines is 1. The molecule has 2 aromatic carbocycles. The highest BCUT2D eigenvalue weighted by Crippen LogP contribution is 2.21. The molecule has 0 radical (unpaired) electrons. The number of benzene rings is 2. The van der Waals surface area contributed by atoms with Gasteiger partial charge in [-0.05, 0) is 37.1 Å². The van der Waals surface area contributed by atoms with E-state index in [1.54, 1.807) is 24.3 Å². The number of amides is 2. The van der Waals surface area contributed by atoms with Crippen LogP contribution in [0, 0.1) is 6.92 Å². The van der Waals surface area contributed by atoms with Crippen molar-refractivity contribution in [3.8, 4) is 0 Å². The van der Waals surface area contributed by atoms with Crippen molar-refractivity contribution in [2.45, 2.75) is 13.3 Å². The first kappa shape index (κ1) is 16.8. The minimum Gasteiger partial charge on any atom is -0.358 e. The van der Waals surface area contributed by atoms with E-state index in [1.807, 2.05) is 31.2 Å². The van der Waals surface area contributed by atoms with E-state index in [0.717, 1.165) is 17.6 Å². The van der Waals surface area contributed by atoms with E-state index in [9.17, 15) is 9.59 Å². The molecule has 3 rings (SSSR count). The number of hydrogen-bond acceptors (Lipinski definition) is 2. The summed E-state index contributed by atoms with van der Waals surface area (Å²) in [6, 6.07) is 17.0. The molecular weight excluding hydrogens is 314 g/mol. The number of nitrogens with one attached hydrogen (secondary N) is 3. The number of fused-ring (bicyclic) bond motifs is 1. The average molecular weight is 335 g/mol. The lowest BCUT2D eigenvalue weighted by Gasteiger charge is -2.07. The molecule has 0 saturated carbocycles. The smallest absolute Gasteiger partial charge is 0.251 e. The molecule has 0 aliphatic rings. The van der Waals surface area contributed by atoms with Gasteiger partial charge in [-0.1, -0.05) is 36.4 Å². The molecule has 0 aliphatic heterocycles. The van der Waals surface area contributed by atoms with E-state index < -0.39 is 0 Å². The topological polar surface area (TPSA) is 74.0 Å². The van der Waals surface area contributed by atoms with Crippen molar-refractivity contribution in [2.24, 2.45) is 0 Å². The van der Waals surface area contributed by atoms with Crippen LogP contribution in [-0.4, -0.2) is 29.9 Å². The highest BCUT2D eigenvalue weighted by Gasteiger charge is 2.09. The fourth-order valence-electron chi connectivity index (χ4n) is 2.90. The maximum absolute atomic E-state index is 11.9. The van der Waals surface area contributed by atoms with Crippen LogP contribution in [0.25, 0.3) is 10.9 Å². The van der Waals surface area contributed by atoms with Gasteiger partial charge in [0.2, 0.25) is 5.91 Å². The number of para-hydroxylation sites is 1. The van der Waals surface area contributed by atoms with Crippen molar-refractivity contribution in [2.75, 3.05) is 13.1 Å². The van der Waals surface area contributed by atoms with Crippen molar-refractivity contribution in [1.82, 2.24) is 15.6 Å². The Balaban J connectivity index is 1.48. The number of aromatic nitrogens is 1. The lowest BCUT2D eigenvalue weighted by Crippen LogP contribution is -2.37. The highest BCUT2D eigenvalue weighted by atomic mass is 16.2. The van der Waals surface area contributed by atoms with Gasteiger partial charge in [0, 0.05) is 28.7 Å². The first-order valence-electron chi connectivity index (χ1n) is 8.31. The predicted octanol–water partition coefficient (Wildman–Crippen LogP) is 2.57. The van der Waals surface area contributed by atoms with Crippen LogP contribution in [-0.2, 0) is 11.2 Å². The molecule has 3 N–H and O–H groups in total. The van der Waals surface area contributed by atoms with Gasteiger partial charge in [0.15, 0.2) is 0 Å². The van der Waals surface area contributed by atoms with Crippen molar-refractivity contribution in [3.63, 3.8) is 0 Å². The largest absolute Gasteiger partial charge is 0.358 e. The van der Waals surface area contributed by atoms with Gasteiger partial charge < -0.3 is 15.6 Å². The van der Waals surface area contributed by atoms with E-state index in [2.05, 4.69) is 21.7 Å². The molecule has 0 bridgehead atoms. The van der Waals surface area contributed by atoms with Crippen LogP contribution in [0.4, 0.5) is 0 Å². The molecular formula is C20H21N3O2. The molecule has 3 aromatic rings. The van der Waals surface area contributed by atoms with Crippen LogP contribution < -0.4 is 10.6 Å². The summed E-state index contributed by atoms with van der Waals surface area (Å²) in [6.07, 6.45) is 0.744. The Morgan fingerprint density at radius 1 is 0.960 bits per heavy atom. The number of H-pyrrole nitrogens is 1. The molecule has 0 atom stereocenters. The summed E-state index contributed by atoms with van der Waals surface area (Å²) < 4.78 is 0. The summed E-state index contributed by atoms with van der Waals surface area (Å²) in [4.78, 5) is 27.2. The number of carbonyl (C=O) groups is 2. The third kappa shape index (κ3) is 4.07. The third-order valence-electron chi connectivity index (χ3n) is 4.17. The molecule has 25 heavy (non-hydrogen) atoms.